The number of nitrogens with one attached hydrogen (secondary N) is 2. The fourth-order valence-corrected chi connectivity index (χ4v) is 4.25. The first-order valence-corrected chi connectivity index (χ1v) is 9.57. The molecule has 3 amide bonds. The Balaban J connectivity index is 1.61. The number of rotatable bonds is 4. The predicted molar refractivity (Wildman–Crippen MR) is 96.5 cm³/mol. The molecule has 0 aliphatic carbocycles. The van der Waals surface area contributed by atoms with Crippen molar-refractivity contribution in [2.45, 2.75) is 39.3 Å². The molecule has 0 saturated heterocycles. The van der Waals surface area contributed by atoms with Crippen molar-refractivity contribution >= 4 is 39.7 Å². The van der Waals surface area contributed by atoms with Gasteiger partial charge in [0.1, 0.15) is 0 Å². The van der Waals surface area contributed by atoms with Gasteiger partial charge in [-0.3, -0.25) is 10.1 Å². The molecule has 0 fully saturated rings. The van der Waals surface area contributed by atoms with Gasteiger partial charge in [0.25, 0.3) is 0 Å². The van der Waals surface area contributed by atoms with Crippen molar-refractivity contribution in [3.05, 3.63) is 33.0 Å². The zero-order chi connectivity index (χ0) is 17.1. The Morgan fingerprint density at radius 1 is 1.42 bits per heavy atom. The maximum absolute atomic E-state index is 12.4. The van der Waals surface area contributed by atoms with Crippen LogP contribution in [0.4, 0.5) is 9.93 Å². The number of aromatic nitrogens is 1. The SMILES string of the molecule is CC(C)NC(=O)Nc1nc2c(s1)CN(C(=O)Cc1cccs1)CC2. The van der Waals surface area contributed by atoms with Gasteiger partial charge in [-0.2, -0.15) is 0 Å². The summed E-state index contributed by atoms with van der Waals surface area (Å²) >= 11 is 3.05. The number of hydrogen-bond donors (Lipinski definition) is 2. The minimum Gasteiger partial charge on any atom is -0.337 e. The third-order valence-electron chi connectivity index (χ3n) is 3.63. The first kappa shape index (κ1) is 16.9. The van der Waals surface area contributed by atoms with E-state index in [9.17, 15) is 9.59 Å². The van der Waals surface area contributed by atoms with E-state index in [1.807, 2.05) is 36.3 Å². The Labute approximate surface area is 148 Å². The molecule has 1 aliphatic rings. The number of thiophene rings is 1. The van der Waals surface area contributed by atoms with Gasteiger partial charge in [-0.1, -0.05) is 17.4 Å². The highest BCUT2D eigenvalue weighted by Crippen LogP contribution is 2.28. The number of thiazole rings is 1. The molecular formula is C16H20N4O2S2. The second kappa shape index (κ2) is 7.31. The highest BCUT2D eigenvalue weighted by Gasteiger charge is 2.24. The van der Waals surface area contributed by atoms with Gasteiger partial charge in [0.05, 0.1) is 18.7 Å². The molecule has 0 bridgehead atoms. The van der Waals surface area contributed by atoms with Gasteiger partial charge in [-0.25, -0.2) is 9.78 Å². The number of carbonyl (C=O) groups is 2. The minimum atomic E-state index is -0.248. The second-order valence-electron chi connectivity index (χ2n) is 5.96. The van der Waals surface area contributed by atoms with Gasteiger partial charge < -0.3 is 10.2 Å². The van der Waals surface area contributed by atoms with Crippen LogP contribution in [0.5, 0.6) is 0 Å². The summed E-state index contributed by atoms with van der Waals surface area (Å²) in [6.07, 6.45) is 1.18. The molecule has 3 rings (SSSR count). The normalized spacial score (nSPS) is 13.7. The van der Waals surface area contributed by atoms with Crippen LogP contribution in [0.3, 0.4) is 0 Å². The largest absolute Gasteiger partial charge is 0.337 e. The Morgan fingerprint density at radius 2 is 2.25 bits per heavy atom. The van der Waals surface area contributed by atoms with Crippen molar-refractivity contribution in [1.82, 2.24) is 15.2 Å². The van der Waals surface area contributed by atoms with E-state index < -0.39 is 0 Å². The van der Waals surface area contributed by atoms with Gasteiger partial charge >= 0.3 is 6.03 Å². The molecule has 6 nitrogen and oxygen atoms in total. The number of carbonyl (C=O) groups excluding carboxylic acids is 2. The van der Waals surface area contributed by atoms with Gasteiger partial charge in [0.15, 0.2) is 5.13 Å². The lowest BCUT2D eigenvalue weighted by Gasteiger charge is -2.25. The average Bonchev–Trinajstić information content (AvgIpc) is 3.13. The van der Waals surface area contributed by atoms with Crippen molar-refractivity contribution in [2.75, 3.05) is 11.9 Å². The molecule has 128 valence electrons. The zero-order valence-corrected chi connectivity index (χ0v) is 15.3. The van der Waals surface area contributed by atoms with Crippen LogP contribution < -0.4 is 10.6 Å². The Morgan fingerprint density at radius 3 is 2.96 bits per heavy atom. The molecule has 0 atom stereocenters. The van der Waals surface area contributed by atoms with Gasteiger partial charge in [-0.05, 0) is 25.3 Å². The first-order chi connectivity index (χ1) is 11.5. The average molecular weight is 364 g/mol. The molecule has 8 heteroatoms. The van der Waals surface area contributed by atoms with Crippen molar-refractivity contribution in [2.24, 2.45) is 0 Å². The summed E-state index contributed by atoms with van der Waals surface area (Å²) in [5.41, 5.74) is 0.986. The Hall–Kier alpha value is -1.93. The van der Waals surface area contributed by atoms with Gasteiger partial charge in [0, 0.05) is 28.8 Å². The molecule has 2 aromatic heterocycles. The van der Waals surface area contributed by atoms with E-state index in [1.165, 1.54) is 11.3 Å². The third-order valence-corrected chi connectivity index (χ3v) is 5.50. The van der Waals surface area contributed by atoms with Crippen molar-refractivity contribution in [3.63, 3.8) is 0 Å². The van der Waals surface area contributed by atoms with Crippen LogP contribution in [0.1, 0.15) is 29.3 Å². The summed E-state index contributed by atoms with van der Waals surface area (Å²) in [7, 11) is 0. The van der Waals surface area contributed by atoms with Crippen LogP contribution in [0, 0.1) is 0 Å². The molecular weight excluding hydrogens is 344 g/mol. The highest BCUT2D eigenvalue weighted by molar-refractivity contribution is 7.15. The van der Waals surface area contributed by atoms with E-state index in [-0.39, 0.29) is 18.0 Å². The van der Waals surface area contributed by atoms with Crippen LogP contribution in [-0.4, -0.2) is 34.4 Å². The summed E-state index contributed by atoms with van der Waals surface area (Å²) < 4.78 is 0. The quantitative estimate of drug-likeness (QED) is 0.876. The molecule has 0 saturated carbocycles. The number of anilines is 1. The van der Waals surface area contributed by atoms with Crippen LogP contribution in [-0.2, 0) is 24.2 Å². The maximum Gasteiger partial charge on any atom is 0.321 e. The number of fused-ring (bicyclic) bond motifs is 1. The molecule has 0 radical (unpaired) electrons. The van der Waals surface area contributed by atoms with E-state index in [0.717, 1.165) is 21.9 Å². The van der Waals surface area contributed by atoms with Crippen LogP contribution in [0.2, 0.25) is 0 Å². The Bertz CT molecular complexity index is 725. The standard InChI is InChI=1S/C16H20N4O2S2/c1-10(2)17-15(22)19-16-18-12-5-6-20(9-13(12)24-16)14(21)8-11-4-3-7-23-11/h3-4,7,10H,5-6,8-9H2,1-2H3,(H2,17,18,19,22). The van der Waals surface area contributed by atoms with Crippen molar-refractivity contribution in [3.8, 4) is 0 Å². The summed E-state index contributed by atoms with van der Waals surface area (Å²) in [5, 5.41) is 8.12. The molecule has 2 N–H and O–H groups in total. The molecule has 24 heavy (non-hydrogen) atoms. The van der Waals surface area contributed by atoms with Crippen LogP contribution >= 0.6 is 22.7 Å². The fraction of sp³-hybridized carbons (Fsp3) is 0.438. The smallest absolute Gasteiger partial charge is 0.321 e. The Kier molecular flexibility index (Phi) is 5.15. The number of nitrogens with zero attached hydrogens (tertiary/aromatic N) is 2. The fourth-order valence-electron chi connectivity index (χ4n) is 2.53. The summed E-state index contributed by atoms with van der Waals surface area (Å²) in [4.78, 5) is 32.7. The van der Waals surface area contributed by atoms with E-state index in [0.29, 0.717) is 24.6 Å². The summed E-state index contributed by atoms with van der Waals surface area (Å²) in [6.45, 7) is 5.07. The molecule has 0 unspecified atom stereocenters. The van der Waals surface area contributed by atoms with E-state index in [2.05, 4.69) is 15.6 Å². The maximum atomic E-state index is 12.4. The predicted octanol–water partition coefficient (Wildman–Crippen LogP) is 2.86. The number of amides is 3. The van der Waals surface area contributed by atoms with E-state index >= 15 is 0 Å². The lowest BCUT2D eigenvalue weighted by atomic mass is 10.1. The summed E-state index contributed by atoms with van der Waals surface area (Å²) in [5.74, 6) is 0.142. The number of urea groups is 1. The second-order valence-corrected chi connectivity index (χ2v) is 8.08. The third kappa shape index (κ3) is 4.12. The minimum absolute atomic E-state index is 0.0740. The first-order valence-electron chi connectivity index (χ1n) is 7.87. The lowest BCUT2D eigenvalue weighted by Crippen LogP contribution is -2.36. The van der Waals surface area contributed by atoms with Gasteiger partial charge in [-0.15, -0.1) is 11.3 Å². The summed E-state index contributed by atoms with van der Waals surface area (Å²) in [6, 6.07) is 3.77. The topological polar surface area (TPSA) is 74.3 Å². The molecule has 2 aromatic rings. The number of hydrogen-bond acceptors (Lipinski definition) is 5. The van der Waals surface area contributed by atoms with Crippen LogP contribution in [0.15, 0.2) is 17.5 Å². The molecule has 0 aromatic carbocycles. The van der Waals surface area contributed by atoms with E-state index in [4.69, 9.17) is 0 Å². The van der Waals surface area contributed by atoms with Gasteiger partial charge in [0.2, 0.25) is 5.91 Å². The molecule has 1 aliphatic heterocycles. The monoisotopic (exact) mass is 364 g/mol. The van der Waals surface area contributed by atoms with Crippen molar-refractivity contribution < 1.29 is 9.59 Å². The lowest BCUT2D eigenvalue weighted by molar-refractivity contribution is -0.131. The molecule has 0 spiro atoms. The molecule has 3 heterocycles. The van der Waals surface area contributed by atoms with Crippen LogP contribution in [0.25, 0.3) is 0 Å². The van der Waals surface area contributed by atoms with E-state index in [1.54, 1.807) is 11.3 Å². The highest BCUT2D eigenvalue weighted by atomic mass is 32.1. The zero-order valence-electron chi connectivity index (χ0n) is 13.7. The van der Waals surface area contributed by atoms with Crippen molar-refractivity contribution in [1.29, 1.82) is 0 Å².